The van der Waals surface area contributed by atoms with Crippen molar-refractivity contribution in [2.24, 2.45) is 56.7 Å². The maximum Gasteiger partial charge on any atom is 0.313 e. The molecule has 4 saturated carbocycles. The van der Waals surface area contributed by atoms with Crippen molar-refractivity contribution in [2.75, 3.05) is 44.3 Å². The van der Waals surface area contributed by atoms with Gasteiger partial charge in [0, 0.05) is 37.9 Å². The number of pyridine rings is 1. The first-order chi connectivity index (χ1) is 27.8. The molecule has 0 aromatic carbocycles. The summed E-state index contributed by atoms with van der Waals surface area (Å²) in [4.78, 5) is 19.4. The van der Waals surface area contributed by atoms with Crippen LogP contribution in [-0.4, -0.2) is 79.2 Å². The van der Waals surface area contributed by atoms with Crippen LogP contribution < -0.4 is 10.1 Å². The van der Waals surface area contributed by atoms with E-state index in [0.29, 0.717) is 67.5 Å². The van der Waals surface area contributed by atoms with E-state index in [0.717, 1.165) is 19.5 Å². The van der Waals surface area contributed by atoms with Gasteiger partial charge in [0.05, 0.1) is 11.5 Å². The van der Waals surface area contributed by atoms with E-state index in [-0.39, 0.29) is 51.2 Å². The van der Waals surface area contributed by atoms with Crippen molar-refractivity contribution >= 4 is 15.8 Å². The van der Waals surface area contributed by atoms with Gasteiger partial charge in [-0.1, -0.05) is 58.9 Å². The quantitative estimate of drug-likeness (QED) is 0.222. The van der Waals surface area contributed by atoms with E-state index in [1.54, 1.807) is 18.3 Å². The van der Waals surface area contributed by atoms with Crippen LogP contribution in [-0.2, 0) is 14.6 Å². The summed E-state index contributed by atoms with van der Waals surface area (Å²) in [5.41, 5.74) is 4.09. The fourth-order valence-corrected chi connectivity index (χ4v) is 16.6. The van der Waals surface area contributed by atoms with E-state index in [1.807, 2.05) is 0 Å². The fourth-order valence-electron chi connectivity index (χ4n) is 15.4. The van der Waals surface area contributed by atoms with Crippen molar-refractivity contribution in [1.82, 2.24) is 15.2 Å². The number of sulfone groups is 1. The Hall–Kier alpha value is -3.00. The zero-order valence-electron chi connectivity index (χ0n) is 36.7. The molecule has 2 N–H and O–H groups in total. The maximum atomic E-state index is 12.8. The van der Waals surface area contributed by atoms with E-state index in [1.165, 1.54) is 68.1 Å². The molecule has 8 rings (SSSR count). The lowest BCUT2D eigenvalue weighted by atomic mass is 9.33. The van der Waals surface area contributed by atoms with Crippen LogP contribution in [0.5, 0.6) is 5.88 Å². The number of nitrogens with one attached hydrogen (secondary N) is 1. The Balaban J connectivity index is 1.01. The van der Waals surface area contributed by atoms with Crippen LogP contribution >= 0.6 is 0 Å². The highest BCUT2D eigenvalue weighted by atomic mass is 32.2. The third-order valence-corrected chi connectivity index (χ3v) is 20.4. The molecule has 9 nitrogen and oxygen atoms in total. The van der Waals surface area contributed by atoms with Crippen LogP contribution in [0.15, 0.2) is 53.8 Å². The average molecular weight is 827 g/mol. The molecule has 0 amide bonds. The molecule has 0 radical (unpaired) electrons. The zero-order chi connectivity index (χ0) is 42.2. The third-order valence-electron chi connectivity index (χ3n) is 18.8. The molecule has 322 valence electrons. The van der Waals surface area contributed by atoms with Gasteiger partial charge in [-0.2, -0.15) is 5.26 Å². The Kier molecular flexibility index (Phi) is 10.9. The number of fused-ring (bicyclic) bond motifs is 7. The van der Waals surface area contributed by atoms with Crippen molar-refractivity contribution < 1.29 is 23.1 Å². The maximum absolute atomic E-state index is 12.8. The number of carbonyl (C=O) groups is 1. The SMILES string of the molecule is C=C(C)[C@@H]1CC[C@]2(NCCN3CCS(=O)(=O)CC3)CC[C@]3(C)[C@H](CC[C@@H]4[C@@]5(C)CC=C(C6=CC[C@](COc7ncccc7C#N)(C(=O)O)CC6)C(C)(C)[C@H]5CC[C@]43C)[C@@H]12. The van der Waals surface area contributed by atoms with Gasteiger partial charge >= 0.3 is 5.97 Å². The lowest BCUT2D eigenvalue weighted by Crippen LogP contribution is -2.68. The molecule has 59 heavy (non-hydrogen) atoms. The van der Waals surface area contributed by atoms with Crippen LogP contribution in [0.2, 0.25) is 0 Å². The van der Waals surface area contributed by atoms with Crippen LogP contribution in [0.3, 0.4) is 0 Å². The number of nitriles is 1. The molecule has 0 unspecified atom stereocenters. The van der Waals surface area contributed by atoms with Crippen molar-refractivity contribution in [2.45, 2.75) is 124 Å². The largest absolute Gasteiger partial charge is 0.481 e. The first-order valence-corrected chi connectivity index (χ1v) is 24.6. The van der Waals surface area contributed by atoms with Gasteiger partial charge in [0.1, 0.15) is 23.7 Å². The van der Waals surface area contributed by atoms with Crippen molar-refractivity contribution in [3.05, 3.63) is 59.3 Å². The van der Waals surface area contributed by atoms with Crippen LogP contribution in [0, 0.1) is 68.0 Å². The number of aliphatic carboxylic acids is 1. The molecule has 10 heteroatoms. The minimum absolute atomic E-state index is 0.0149. The second kappa shape index (κ2) is 15.1. The number of ether oxygens (including phenoxy) is 1. The molecule has 2 heterocycles. The van der Waals surface area contributed by atoms with E-state index in [9.17, 15) is 23.6 Å². The lowest BCUT2D eigenvalue weighted by molar-refractivity contribution is -0.221. The van der Waals surface area contributed by atoms with Gasteiger partial charge in [0.2, 0.25) is 5.88 Å². The summed E-state index contributed by atoms with van der Waals surface area (Å²) in [7, 11) is -2.88. The molecule has 5 fully saturated rings. The molecule has 10 atom stereocenters. The van der Waals surface area contributed by atoms with Gasteiger partial charge in [-0.3, -0.25) is 4.79 Å². The van der Waals surface area contributed by atoms with Crippen LogP contribution in [0.1, 0.15) is 124 Å². The van der Waals surface area contributed by atoms with E-state index in [2.05, 4.69) is 81.5 Å². The van der Waals surface area contributed by atoms with Crippen molar-refractivity contribution in [3.63, 3.8) is 0 Å². The normalized spacial score (nSPS) is 41.1. The third kappa shape index (κ3) is 6.87. The summed E-state index contributed by atoms with van der Waals surface area (Å²) in [5, 5.41) is 24.2. The molecular formula is C49H70N4O5S. The van der Waals surface area contributed by atoms with Gasteiger partial charge < -0.3 is 20.1 Å². The number of aromatic nitrogens is 1. The smallest absolute Gasteiger partial charge is 0.313 e. The Morgan fingerprint density at radius 1 is 1.00 bits per heavy atom. The molecule has 0 bridgehead atoms. The van der Waals surface area contributed by atoms with E-state index < -0.39 is 21.2 Å². The summed E-state index contributed by atoms with van der Waals surface area (Å²) in [5.74, 6) is 2.85. The molecule has 1 aromatic rings. The highest BCUT2D eigenvalue weighted by Gasteiger charge is 2.70. The number of hydrogen-bond donors (Lipinski definition) is 2. The summed E-state index contributed by atoms with van der Waals surface area (Å²) >= 11 is 0. The van der Waals surface area contributed by atoms with Crippen molar-refractivity contribution in [3.8, 4) is 11.9 Å². The average Bonchev–Trinajstić information content (AvgIpc) is 3.58. The summed E-state index contributed by atoms with van der Waals surface area (Å²) in [6.45, 7) is 23.0. The topological polar surface area (TPSA) is 133 Å². The summed E-state index contributed by atoms with van der Waals surface area (Å²) in [6.07, 6.45) is 18.9. The van der Waals surface area contributed by atoms with Gasteiger partial charge in [-0.05, 0) is 159 Å². The molecular weight excluding hydrogens is 757 g/mol. The van der Waals surface area contributed by atoms with E-state index >= 15 is 0 Å². The van der Waals surface area contributed by atoms with Crippen LogP contribution in [0.4, 0.5) is 0 Å². The van der Waals surface area contributed by atoms with Gasteiger partial charge in [-0.15, -0.1) is 0 Å². The summed E-state index contributed by atoms with van der Waals surface area (Å²) < 4.78 is 30.1. The Bertz CT molecular complexity index is 2060. The predicted molar refractivity (Wildman–Crippen MR) is 232 cm³/mol. The lowest BCUT2D eigenvalue weighted by Gasteiger charge is -2.72. The minimum Gasteiger partial charge on any atom is -0.481 e. The molecule has 7 aliphatic rings. The minimum atomic E-state index is -2.88. The highest BCUT2D eigenvalue weighted by Crippen LogP contribution is 2.76. The van der Waals surface area contributed by atoms with E-state index in [4.69, 9.17) is 4.74 Å². The number of allylic oxidation sites excluding steroid dienone is 5. The zero-order valence-corrected chi connectivity index (χ0v) is 37.6. The number of hydrogen-bond acceptors (Lipinski definition) is 8. The Morgan fingerprint density at radius 2 is 1.76 bits per heavy atom. The number of carboxylic acid groups (broad SMARTS) is 1. The second-order valence-electron chi connectivity index (χ2n) is 21.6. The van der Waals surface area contributed by atoms with Crippen LogP contribution in [0.25, 0.3) is 0 Å². The Morgan fingerprint density at radius 3 is 2.44 bits per heavy atom. The standard InChI is InChI=1S/C49H70N4O5S/c1-33(2)36-14-21-49(52-25-26-53-27-29-59(56,57)30-28-53)23-22-46(6)38(41(36)49)10-11-40-45(5)17-15-37(44(3,4)39(45)16-18-47(40,46)7)34-12-19-48(20-13-34,43(54)55)32-58-42-35(31-50)9-8-24-51-42/h8-9,12,15,24,36,38-41,52H,1,10-11,13-14,16-23,25-30,32H2,2-7H3,(H,54,55)/t36-,38+,39+,40+,41+,45-,46+,47+,48-,49-/m0/s1. The monoisotopic (exact) mass is 827 g/mol. The first kappa shape index (κ1) is 42.7. The predicted octanol–water partition coefficient (Wildman–Crippen LogP) is 8.78. The Labute approximate surface area is 354 Å². The molecule has 1 aliphatic heterocycles. The summed E-state index contributed by atoms with van der Waals surface area (Å²) in [6, 6.07) is 5.43. The second-order valence-corrected chi connectivity index (χ2v) is 23.9. The molecule has 1 aromatic heterocycles. The highest BCUT2D eigenvalue weighted by molar-refractivity contribution is 7.91. The van der Waals surface area contributed by atoms with Gasteiger partial charge in [0.15, 0.2) is 9.84 Å². The molecule has 6 aliphatic carbocycles. The molecule has 1 saturated heterocycles. The first-order valence-electron chi connectivity index (χ1n) is 22.8. The molecule has 0 spiro atoms. The fraction of sp³-hybridized carbons (Fsp3) is 0.735. The van der Waals surface area contributed by atoms with Crippen molar-refractivity contribution in [1.29, 1.82) is 5.26 Å². The van der Waals surface area contributed by atoms with Gasteiger partial charge in [-0.25, -0.2) is 13.4 Å². The van der Waals surface area contributed by atoms with Gasteiger partial charge in [0.25, 0.3) is 0 Å². The number of nitrogens with zero attached hydrogens (tertiary/aromatic N) is 3. The number of carboxylic acids is 1. The number of rotatable bonds is 10.